The van der Waals surface area contributed by atoms with E-state index in [2.05, 4.69) is 11.9 Å². The van der Waals surface area contributed by atoms with Crippen LogP contribution in [0.25, 0.3) is 89.7 Å². The average molecular weight is 706 g/mol. The number of hydrogen-bond acceptors (Lipinski definition) is 10. The molecular weight excluding hydrogens is 682 g/mol. The van der Waals surface area contributed by atoms with Crippen LogP contribution in [0.3, 0.4) is 0 Å². The molecule has 0 radical (unpaired) electrons. The summed E-state index contributed by atoms with van der Waals surface area (Å²) in [5.41, 5.74) is 25.5. The molecule has 8 bridgehead atoms. The molecule has 13 nitrogen and oxygen atoms in total. The van der Waals surface area contributed by atoms with Crippen LogP contribution in [0, 0.1) is 0 Å². The molecule has 50 heavy (non-hydrogen) atoms. The van der Waals surface area contributed by atoms with Crippen molar-refractivity contribution in [3.05, 3.63) is 84.9 Å². The first-order valence-electron chi connectivity index (χ1n) is 15.2. The predicted molar refractivity (Wildman–Crippen MR) is 191 cm³/mol. The molecule has 1 amide bonds. The number of fused-ring (bicyclic) bond motifs is 20. The van der Waals surface area contributed by atoms with Gasteiger partial charge in [-0.05, 0) is 89.1 Å². The topological polar surface area (TPSA) is 213 Å². The van der Waals surface area contributed by atoms with Crippen LogP contribution in [0.1, 0.15) is 6.92 Å². The minimum atomic E-state index is -0.305. The van der Waals surface area contributed by atoms with E-state index in [0.717, 1.165) is 10.9 Å². The third-order valence-corrected chi connectivity index (χ3v) is 8.42. The van der Waals surface area contributed by atoms with Crippen LogP contribution in [-0.4, -0.2) is 35.8 Å². The Morgan fingerprint density at radius 1 is 0.560 bits per heavy atom. The number of anilines is 4. The molecule has 7 N–H and O–H groups in total. The van der Waals surface area contributed by atoms with E-state index in [1.54, 1.807) is 49.4 Å². The number of carbonyl (C=O) groups is 1. The Kier molecular flexibility index (Phi) is 6.95. The third kappa shape index (κ3) is 4.92. The maximum Gasteiger partial charge on any atom is 2.00 e. The van der Waals surface area contributed by atoms with Crippen LogP contribution in [0.5, 0.6) is 0 Å². The molecule has 0 aliphatic carbocycles. The van der Waals surface area contributed by atoms with Crippen LogP contribution >= 0.6 is 0 Å². The van der Waals surface area contributed by atoms with Crippen molar-refractivity contribution in [3.8, 4) is 45.6 Å². The zero-order chi connectivity index (χ0) is 33.6. The van der Waals surface area contributed by atoms with Crippen molar-refractivity contribution in [2.24, 2.45) is 0 Å². The molecule has 2 aliphatic rings. The molecule has 0 atom stereocenters. The molecule has 3 aromatic heterocycles. The van der Waals surface area contributed by atoms with E-state index in [9.17, 15) is 4.79 Å². The van der Waals surface area contributed by atoms with Crippen LogP contribution in [0.4, 0.5) is 22.7 Å². The number of rotatable bonds is 2. The maximum absolute atomic E-state index is 12.5. The fourth-order valence-electron chi connectivity index (χ4n) is 6.03. The number of carbonyl (C=O) groups excluding carboxylic acids is 1. The molecule has 0 unspecified atom stereocenters. The zero-order valence-corrected chi connectivity index (χ0v) is 29.5. The number of nitrogens with one attached hydrogen (secondary N) is 1. The number of aromatic nitrogens is 8. The summed E-state index contributed by atoms with van der Waals surface area (Å²) in [6, 6.07) is 21.7. The smallest absolute Gasteiger partial charge is 0.399 e. The molecule has 0 fully saturated rings. The average Bonchev–Trinajstić information content (AvgIpc) is 3.79. The fourth-order valence-corrected chi connectivity index (χ4v) is 6.03. The molecule has 2 aliphatic heterocycles. The van der Waals surface area contributed by atoms with Gasteiger partial charge >= 0.3 is 19.5 Å². The van der Waals surface area contributed by atoms with Crippen molar-refractivity contribution in [2.45, 2.75) is 6.92 Å². The summed E-state index contributed by atoms with van der Waals surface area (Å²) >= 11 is 0. The second-order valence-corrected chi connectivity index (χ2v) is 11.9. The van der Waals surface area contributed by atoms with Crippen molar-refractivity contribution in [1.29, 1.82) is 0 Å². The Hall–Kier alpha value is -6.53. The Balaban J connectivity index is 0.00000361. The Bertz CT molecular complexity index is 2790. The molecule has 14 heteroatoms. The first-order valence-corrected chi connectivity index (χ1v) is 15.2. The van der Waals surface area contributed by atoms with Gasteiger partial charge in [-0.25, -0.2) is 9.97 Å². The predicted octanol–water partition coefficient (Wildman–Crippen LogP) is 5.39. The first-order chi connectivity index (χ1) is 23.7. The summed E-state index contributed by atoms with van der Waals surface area (Å²) in [6.45, 7) is 5.38. The molecule has 5 heterocycles. The summed E-state index contributed by atoms with van der Waals surface area (Å²) < 4.78 is 0. The van der Waals surface area contributed by atoms with E-state index >= 15 is 0 Å². The Labute approximate surface area is 295 Å². The number of nitrogens with zero attached hydrogens (tertiary/aromatic N) is 8. The van der Waals surface area contributed by atoms with Gasteiger partial charge in [0.25, 0.3) is 5.91 Å². The Morgan fingerprint density at radius 2 is 0.980 bits per heavy atom. The van der Waals surface area contributed by atoms with E-state index < -0.39 is 0 Å². The number of amides is 1. The summed E-state index contributed by atoms with van der Waals surface area (Å²) in [4.78, 5) is 51.7. The van der Waals surface area contributed by atoms with E-state index in [1.807, 2.05) is 30.3 Å². The van der Waals surface area contributed by atoms with Crippen LogP contribution in [0.2, 0.25) is 0 Å². The van der Waals surface area contributed by atoms with Crippen LogP contribution in [0.15, 0.2) is 84.9 Å². The second kappa shape index (κ2) is 11.3. The molecule has 7 aromatic rings. The second-order valence-electron chi connectivity index (χ2n) is 11.9. The number of nitrogens with two attached hydrogens (primary N) is 3. The molecule has 236 valence electrons. The minimum Gasteiger partial charge on any atom is -0.399 e. The SMILES string of the molecule is C=C(C)C(=O)Nc1ccc2c3nc4nc(nc5[n-]c(nc6nc(nc([n-]3)c2c1)-c1ccc(N)cc1-6)c1ccc(N)cc51)-c1ccc(N)cc1-4.[Zn+2]. The summed E-state index contributed by atoms with van der Waals surface area (Å²) in [5, 5.41) is 5.63. The van der Waals surface area contributed by atoms with Gasteiger partial charge in [0, 0.05) is 73.2 Å². The first kappa shape index (κ1) is 30.8. The van der Waals surface area contributed by atoms with Crippen molar-refractivity contribution in [2.75, 3.05) is 22.5 Å². The molecular formula is C36H24N12OZn. The minimum absolute atomic E-state index is 0. The van der Waals surface area contributed by atoms with Crippen molar-refractivity contribution in [3.63, 3.8) is 0 Å². The zero-order valence-electron chi connectivity index (χ0n) is 26.6. The molecule has 0 spiro atoms. The van der Waals surface area contributed by atoms with Gasteiger partial charge in [0.15, 0.2) is 0 Å². The van der Waals surface area contributed by atoms with E-state index in [0.29, 0.717) is 107 Å². The van der Waals surface area contributed by atoms with Gasteiger partial charge in [-0.3, -0.25) is 4.79 Å². The quantitative estimate of drug-likeness (QED) is 0.101. The Morgan fingerprint density at radius 3 is 1.50 bits per heavy atom. The maximum atomic E-state index is 12.5. The molecule has 4 aromatic carbocycles. The monoisotopic (exact) mass is 704 g/mol. The number of benzene rings is 4. The summed E-state index contributed by atoms with van der Waals surface area (Å²) in [7, 11) is 0. The van der Waals surface area contributed by atoms with Gasteiger partial charge in [0.05, 0.1) is 23.3 Å². The largest absolute Gasteiger partial charge is 2.00 e. The molecule has 0 saturated carbocycles. The van der Waals surface area contributed by atoms with Crippen molar-refractivity contribution in [1.82, 2.24) is 39.9 Å². The number of hydrogen-bond donors (Lipinski definition) is 4. The molecule has 9 rings (SSSR count). The van der Waals surface area contributed by atoms with Gasteiger partial charge in [-0.2, -0.15) is 0 Å². The van der Waals surface area contributed by atoms with Gasteiger partial charge < -0.3 is 52.4 Å². The summed E-state index contributed by atoms with van der Waals surface area (Å²) in [6.07, 6.45) is 0. The van der Waals surface area contributed by atoms with E-state index in [1.165, 1.54) is 0 Å². The van der Waals surface area contributed by atoms with Crippen LogP contribution in [-0.2, 0) is 24.3 Å². The van der Waals surface area contributed by atoms with Gasteiger partial charge in [0.1, 0.15) is 0 Å². The standard InChI is InChI=1S/C36H25N12O.Zn/c1-15(2)36(49)40-19-6-10-23-27(14-19)35-47-30-22-9-5-18(39)13-26(22)33(45-30)43-28-20-7-3-16(37)11-24(20)32(41-28)42-29-21-8-4-17(38)12-25(21)34(44-29)46-31(23)48-35;/h3-14H,1H2,2H3,(H8-,37,38,39,40,41,42,43,44,45,46,47,48,49);/q-1;+2/p-1. The van der Waals surface area contributed by atoms with E-state index in [-0.39, 0.29) is 25.4 Å². The molecule has 0 saturated heterocycles. The van der Waals surface area contributed by atoms with Crippen molar-refractivity contribution < 1.29 is 24.3 Å². The van der Waals surface area contributed by atoms with Gasteiger partial charge in [-0.1, -0.05) is 18.7 Å². The normalized spacial score (nSPS) is 11.5. The fraction of sp³-hybridized carbons (Fsp3) is 0.0278. The third-order valence-electron chi connectivity index (χ3n) is 8.42. The summed E-state index contributed by atoms with van der Waals surface area (Å²) in [5.74, 6) is 1.21. The van der Waals surface area contributed by atoms with Gasteiger partial charge in [-0.15, -0.1) is 0 Å². The number of nitrogen functional groups attached to an aromatic ring is 3. The van der Waals surface area contributed by atoms with Gasteiger partial charge in [0.2, 0.25) is 0 Å². The van der Waals surface area contributed by atoms with Crippen molar-refractivity contribution >= 4 is 72.8 Å². The van der Waals surface area contributed by atoms with E-state index in [4.69, 9.17) is 57.1 Å². The van der Waals surface area contributed by atoms with Crippen LogP contribution < -0.4 is 32.5 Å².